The average molecular weight is 229 g/mol. The van der Waals surface area contributed by atoms with Gasteiger partial charge in [0.05, 0.1) is 5.69 Å². The summed E-state index contributed by atoms with van der Waals surface area (Å²) in [4.78, 5) is 4.50. The van der Waals surface area contributed by atoms with E-state index in [0.29, 0.717) is 0 Å². The van der Waals surface area contributed by atoms with Crippen molar-refractivity contribution in [3.63, 3.8) is 0 Å². The highest BCUT2D eigenvalue weighted by atomic mass is 15.2. The SMILES string of the molecule is CCn1cc(C)nc1Nc1cccc(C)c1C. The van der Waals surface area contributed by atoms with Crippen molar-refractivity contribution in [2.24, 2.45) is 0 Å². The van der Waals surface area contributed by atoms with Gasteiger partial charge in [0.1, 0.15) is 0 Å². The molecule has 0 aliphatic carbocycles. The van der Waals surface area contributed by atoms with Gasteiger partial charge in [0.25, 0.3) is 0 Å². The van der Waals surface area contributed by atoms with E-state index in [9.17, 15) is 0 Å². The van der Waals surface area contributed by atoms with Crippen LogP contribution in [-0.2, 0) is 6.54 Å². The van der Waals surface area contributed by atoms with Crippen LogP contribution in [0.25, 0.3) is 0 Å². The first-order valence-electron chi connectivity index (χ1n) is 5.99. The van der Waals surface area contributed by atoms with Gasteiger partial charge in [-0.15, -0.1) is 0 Å². The predicted octanol–water partition coefficient (Wildman–Crippen LogP) is 3.57. The summed E-state index contributed by atoms with van der Waals surface area (Å²) in [5.41, 5.74) is 4.74. The molecule has 1 aromatic carbocycles. The number of nitrogens with one attached hydrogen (secondary N) is 1. The van der Waals surface area contributed by atoms with Gasteiger partial charge in [0, 0.05) is 18.4 Å². The van der Waals surface area contributed by atoms with Crippen LogP contribution < -0.4 is 5.32 Å². The number of anilines is 2. The number of aromatic nitrogens is 2. The highest BCUT2D eigenvalue weighted by molar-refractivity contribution is 5.60. The van der Waals surface area contributed by atoms with E-state index in [2.05, 4.69) is 60.0 Å². The molecule has 0 saturated carbocycles. The maximum absolute atomic E-state index is 4.50. The second-order valence-corrected chi connectivity index (χ2v) is 4.36. The maximum atomic E-state index is 4.50. The summed E-state index contributed by atoms with van der Waals surface area (Å²) in [6, 6.07) is 6.28. The van der Waals surface area contributed by atoms with Gasteiger partial charge >= 0.3 is 0 Å². The smallest absolute Gasteiger partial charge is 0.207 e. The van der Waals surface area contributed by atoms with Crippen LogP contribution in [0, 0.1) is 20.8 Å². The van der Waals surface area contributed by atoms with Crippen LogP contribution in [0.15, 0.2) is 24.4 Å². The Kier molecular flexibility index (Phi) is 3.18. The van der Waals surface area contributed by atoms with E-state index < -0.39 is 0 Å². The van der Waals surface area contributed by atoms with Gasteiger partial charge < -0.3 is 9.88 Å². The minimum Gasteiger partial charge on any atom is -0.325 e. The second-order valence-electron chi connectivity index (χ2n) is 4.36. The molecule has 1 heterocycles. The molecule has 0 spiro atoms. The fraction of sp³-hybridized carbons (Fsp3) is 0.357. The number of imidazole rings is 1. The quantitative estimate of drug-likeness (QED) is 0.872. The molecule has 3 heteroatoms. The molecule has 0 radical (unpaired) electrons. The minimum absolute atomic E-state index is 0.915. The van der Waals surface area contributed by atoms with Crippen LogP contribution in [0.3, 0.4) is 0 Å². The number of hydrogen-bond donors (Lipinski definition) is 1. The van der Waals surface area contributed by atoms with Gasteiger partial charge in [-0.2, -0.15) is 0 Å². The summed E-state index contributed by atoms with van der Waals surface area (Å²) in [5, 5.41) is 3.41. The van der Waals surface area contributed by atoms with E-state index in [1.54, 1.807) is 0 Å². The summed E-state index contributed by atoms with van der Waals surface area (Å²) >= 11 is 0. The van der Waals surface area contributed by atoms with Gasteiger partial charge in [0.15, 0.2) is 0 Å². The third kappa shape index (κ3) is 2.33. The monoisotopic (exact) mass is 229 g/mol. The molecule has 0 amide bonds. The molecule has 90 valence electrons. The molecule has 17 heavy (non-hydrogen) atoms. The minimum atomic E-state index is 0.915. The molecule has 0 aliphatic heterocycles. The molecule has 2 rings (SSSR count). The zero-order valence-electron chi connectivity index (χ0n) is 10.9. The Morgan fingerprint density at radius 1 is 1.24 bits per heavy atom. The normalized spacial score (nSPS) is 10.6. The molecule has 0 aliphatic rings. The van der Waals surface area contributed by atoms with Crippen molar-refractivity contribution in [1.82, 2.24) is 9.55 Å². The van der Waals surface area contributed by atoms with Crippen molar-refractivity contribution in [2.45, 2.75) is 34.2 Å². The van der Waals surface area contributed by atoms with Gasteiger partial charge in [-0.3, -0.25) is 0 Å². The first-order valence-corrected chi connectivity index (χ1v) is 5.99. The molecule has 0 fully saturated rings. The molecule has 0 unspecified atom stereocenters. The van der Waals surface area contributed by atoms with Crippen LogP contribution in [0.4, 0.5) is 11.6 Å². The van der Waals surface area contributed by atoms with E-state index in [4.69, 9.17) is 0 Å². The van der Waals surface area contributed by atoms with Crippen molar-refractivity contribution < 1.29 is 0 Å². The Hall–Kier alpha value is -1.77. The highest BCUT2D eigenvalue weighted by Crippen LogP contribution is 2.22. The molecular formula is C14H19N3. The third-order valence-electron chi connectivity index (χ3n) is 3.09. The fourth-order valence-electron chi connectivity index (χ4n) is 1.89. The second kappa shape index (κ2) is 4.62. The molecule has 1 N–H and O–H groups in total. The largest absolute Gasteiger partial charge is 0.325 e. The third-order valence-corrected chi connectivity index (χ3v) is 3.09. The summed E-state index contributed by atoms with van der Waals surface area (Å²) in [6.45, 7) is 9.31. The van der Waals surface area contributed by atoms with E-state index in [-0.39, 0.29) is 0 Å². The zero-order chi connectivity index (χ0) is 12.4. The van der Waals surface area contributed by atoms with Crippen LogP contribution in [-0.4, -0.2) is 9.55 Å². The number of aryl methyl sites for hydroxylation is 3. The lowest BCUT2D eigenvalue weighted by molar-refractivity contribution is 0.771. The molecule has 0 atom stereocenters. The summed E-state index contributed by atoms with van der Waals surface area (Å²) in [7, 11) is 0. The lowest BCUT2D eigenvalue weighted by Gasteiger charge is -2.11. The standard InChI is InChI=1S/C14H19N3/c1-5-17-9-11(3)15-14(17)16-13-8-6-7-10(2)12(13)4/h6-9H,5H2,1-4H3,(H,15,16). The molecular weight excluding hydrogens is 210 g/mol. The Morgan fingerprint density at radius 3 is 2.71 bits per heavy atom. The Bertz CT molecular complexity index is 526. The number of benzene rings is 1. The van der Waals surface area contributed by atoms with E-state index in [1.807, 2.05) is 6.92 Å². The fourth-order valence-corrected chi connectivity index (χ4v) is 1.89. The van der Waals surface area contributed by atoms with Crippen molar-refractivity contribution in [2.75, 3.05) is 5.32 Å². The predicted molar refractivity (Wildman–Crippen MR) is 71.8 cm³/mol. The Morgan fingerprint density at radius 2 is 2.00 bits per heavy atom. The number of nitrogens with zero attached hydrogens (tertiary/aromatic N) is 2. The van der Waals surface area contributed by atoms with Crippen molar-refractivity contribution >= 4 is 11.6 Å². The lowest BCUT2D eigenvalue weighted by Crippen LogP contribution is -2.02. The Balaban J connectivity index is 2.34. The number of rotatable bonds is 3. The van der Waals surface area contributed by atoms with Crippen LogP contribution in [0.1, 0.15) is 23.7 Å². The van der Waals surface area contributed by atoms with Crippen molar-refractivity contribution in [1.29, 1.82) is 0 Å². The first-order chi connectivity index (χ1) is 8.11. The molecule has 0 bridgehead atoms. The van der Waals surface area contributed by atoms with Gasteiger partial charge in [-0.1, -0.05) is 12.1 Å². The first kappa shape index (κ1) is 11.7. The van der Waals surface area contributed by atoms with Crippen LogP contribution in [0.2, 0.25) is 0 Å². The Labute approximate surface area is 103 Å². The molecule has 3 nitrogen and oxygen atoms in total. The maximum Gasteiger partial charge on any atom is 0.207 e. The van der Waals surface area contributed by atoms with Crippen molar-refractivity contribution in [3.05, 3.63) is 41.2 Å². The summed E-state index contributed by atoms with van der Waals surface area (Å²) in [5.74, 6) is 0.915. The average Bonchev–Trinajstić information content (AvgIpc) is 2.65. The van der Waals surface area contributed by atoms with E-state index in [0.717, 1.165) is 23.9 Å². The van der Waals surface area contributed by atoms with Crippen LogP contribution >= 0.6 is 0 Å². The number of hydrogen-bond acceptors (Lipinski definition) is 2. The van der Waals surface area contributed by atoms with Gasteiger partial charge in [0.2, 0.25) is 5.95 Å². The van der Waals surface area contributed by atoms with Crippen LogP contribution in [0.5, 0.6) is 0 Å². The van der Waals surface area contributed by atoms with E-state index in [1.165, 1.54) is 11.1 Å². The summed E-state index contributed by atoms with van der Waals surface area (Å²) < 4.78 is 2.12. The van der Waals surface area contributed by atoms with Gasteiger partial charge in [-0.05, 0) is 44.9 Å². The molecule has 2 aromatic rings. The van der Waals surface area contributed by atoms with Crippen molar-refractivity contribution in [3.8, 4) is 0 Å². The molecule has 1 aromatic heterocycles. The summed E-state index contributed by atoms with van der Waals surface area (Å²) in [6.07, 6.45) is 2.06. The lowest BCUT2D eigenvalue weighted by atomic mass is 10.1. The highest BCUT2D eigenvalue weighted by Gasteiger charge is 2.06. The molecule has 0 saturated heterocycles. The topological polar surface area (TPSA) is 29.9 Å². The van der Waals surface area contributed by atoms with E-state index >= 15 is 0 Å². The zero-order valence-corrected chi connectivity index (χ0v) is 10.9. The van der Waals surface area contributed by atoms with Gasteiger partial charge in [-0.25, -0.2) is 4.98 Å².